The van der Waals surface area contributed by atoms with Crippen LogP contribution in [-0.4, -0.2) is 37.2 Å². The van der Waals surface area contributed by atoms with Crippen molar-refractivity contribution in [3.05, 3.63) is 0 Å². The third kappa shape index (κ3) is 13.5. The number of carbonyl (C=O) groups is 4. The van der Waals surface area contributed by atoms with Crippen LogP contribution in [0.15, 0.2) is 0 Å². The Morgan fingerprint density at radius 3 is 1.27 bits per heavy atom. The number of hydrazine groups is 2. The Balaban J connectivity index is 3.33. The zero-order valence-corrected chi connectivity index (χ0v) is 12.0. The van der Waals surface area contributed by atoms with Crippen LogP contribution in [-0.2, 0) is 0 Å². The number of urea groups is 4. The molecule has 0 radical (unpaired) electrons. The number of nitrogens with two attached hydrogens (primary N) is 2. The molecule has 0 atom stereocenters. The predicted octanol–water partition coefficient (Wildman–Crippen LogP) is -1.69. The highest BCUT2D eigenvalue weighted by molar-refractivity contribution is 5.79. The molecule has 0 saturated heterocycles. The van der Waals surface area contributed by atoms with Crippen molar-refractivity contribution < 1.29 is 19.2 Å². The molecule has 0 saturated carbocycles. The van der Waals surface area contributed by atoms with E-state index in [9.17, 15) is 19.2 Å². The molecule has 22 heavy (non-hydrogen) atoms. The fourth-order valence-corrected chi connectivity index (χ4v) is 1.33. The van der Waals surface area contributed by atoms with Gasteiger partial charge in [0.15, 0.2) is 0 Å². The first kappa shape index (κ1) is 19.1. The van der Waals surface area contributed by atoms with Crippen molar-refractivity contribution in [1.82, 2.24) is 32.3 Å². The number of rotatable bonds is 7. The minimum absolute atomic E-state index is 0.447. The highest BCUT2D eigenvalue weighted by atomic mass is 16.2. The van der Waals surface area contributed by atoms with Gasteiger partial charge in [-0.3, -0.25) is 0 Å². The molecule has 0 rings (SSSR count). The first-order valence-corrected chi connectivity index (χ1v) is 6.60. The van der Waals surface area contributed by atoms with Gasteiger partial charge >= 0.3 is 24.1 Å². The van der Waals surface area contributed by atoms with E-state index in [4.69, 9.17) is 11.5 Å². The van der Waals surface area contributed by atoms with E-state index in [2.05, 4.69) is 21.5 Å². The van der Waals surface area contributed by atoms with Gasteiger partial charge in [-0.1, -0.05) is 12.8 Å². The van der Waals surface area contributed by atoms with E-state index >= 15 is 0 Å². The molecule has 0 aromatic carbocycles. The van der Waals surface area contributed by atoms with Gasteiger partial charge in [0.25, 0.3) is 0 Å². The second-order valence-electron chi connectivity index (χ2n) is 4.15. The van der Waals surface area contributed by atoms with E-state index in [1.165, 1.54) is 0 Å². The van der Waals surface area contributed by atoms with Crippen LogP contribution in [0.5, 0.6) is 0 Å². The fraction of sp³-hybridized carbons (Fsp3) is 0.600. The molecule has 0 bridgehead atoms. The molecule has 0 spiro atoms. The maximum atomic E-state index is 11.1. The summed E-state index contributed by atoms with van der Waals surface area (Å²) >= 11 is 0. The fourth-order valence-electron chi connectivity index (χ4n) is 1.33. The van der Waals surface area contributed by atoms with Gasteiger partial charge in [0.2, 0.25) is 0 Å². The molecule has 10 N–H and O–H groups in total. The second kappa shape index (κ2) is 11.9. The predicted molar refractivity (Wildman–Crippen MR) is 77.0 cm³/mol. The summed E-state index contributed by atoms with van der Waals surface area (Å²) in [5, 5.41) is 5.04. The van der Waals surface area contributed by atoms with Crippen LogP contribution in [0.1, 0.15) is 25.7 Å². The first-order valence-electron chi connectivity index (χ1n) is 6.60. The second-order valence-corrected chi connectivity index (χ2v) is 4.15. The Labute approximate surface area is 127 Å². The quantitative estimate of drug-likeness (QED) is 0.205. The summed E-state index contributed by atoms with van der Waals surface area (Å²) in [7, 11) is 0. The van der Waals surface area contributed by atoms with Gasteiger partial charge in [0.05, 0.1) is 0 Å². The lowest BCUT2D eigenvalue weighted by molar-refractivity contribution is 0.228. The van der Waals surface area contributed by atoms with Gasteiger partial charge in [-0.05, 0) is 12.8 Å². The summed E-state index contributed by atoms with van der Waals surface area (Å²) in [4.78, 5) is 42.8. The lowest BCUT2D eigenvalue weighted by Crippen LogP contribution is -2.49. The smallest absolute Gasteiger partial charge is 0.333 e. The summed E-state index contributed by atoms with van der Waals surface area (Å²) in [6.07, 6.45) is 3.21. The molecule has 12 nitrogen and oxygen atoms in total. The maximum absolute atomic E-state index is 11.1. The molecule has 0 unspecified atom stereocenters. The molecule has 8 amide bonds. The van der Waals surface area contributed by atoms with Crippen LogP contribution in [0.4, 0.5) is 19.2 Å². The van der Waals surface area contributed by atoms with Crippen LogP contribution in [0.25, 0.3) is 0 Å². The molecule has 126 valence electrons. The normalized spacial score (nSPS) is 9.27. The van der Waals surface area contributed by atoms with Crippen LogP contribution < -0.4 is 43.8 Å². The van der Waals surface area contributed by atoms with Gasteiger partial charge in [0, 0.05) is 13.1 Å². The lowest BCUT2D eigenvalue weighted by atomic mass is 10.2. The number of hydrogen-bond donors (Lipinski definition) is 8. The van der Waals surface area contributed by atoms with Crippen molar-refractivity contribution in [3.8, 4) is 0 Å². The Morgan fingerprint density at radius 2 is 0.955 bits per heavy atom. The largest absolute Gasteiger partial charge is 0.350 e. The SMILES string of the molecule is NC(=O)NNC(=O)NCCCCCCNC(=O)NNC(N)=O. The molecule has 0 aromatic rings. The van der Waals surface area contributed by atoms with Gasteiger partial charge in [-0.2, -0.15) is 0 Å². The summed E-state index contributed by atoms with van der Waals surface area (Å²) in [6.45, 7) is 0.894. The molecule has 0 aliphatic heterocycles. The molecule has 0 fully saturated rings. The topological polar surface area (TPSA) is 192 Å². The summed E-state index contributed by atoms with van der Waals surface area (Å²) in [6, 6.07) is -2.78. The van der Waals surface area contributed by atoms with Crippen molar-refractivity contribution in [2.45, 2.75) is 25.7 Å². The molecule has 0 aliphatic carbocycles. The molecule has 12 heteroatoms. The number of carbonyl (C=O) groups excluding carboxylic acids is 4. The molecule has 0 heterocycles. The molecular weight excluding hydrogens is 296 g/mol. The minimum atomic E-state index is -0.849. The van der Waals surface area contributed by atoms with Crippen molar-refractivity contribution in [1.29, 1.82) is 0 Å². The molecule has 0 aromatic heterocycles. The van der Waals surface area contributed by atoms with Crippen molar-refractivity contribution in [3.63, 3.8) is 0 Å². The molecular formula is C10H22N8O4. The van der Waals surface area contributed by atoms with Gasteiger partial charge in [0.1, 0.15) is 0 Å². The highest BCUT2D eigenvalue weighted by Crippen LogP contribution is 1.97. The van der Waals surface area contributed by atoms with Crippen molar-refractivity contribution >= 4 is 24.1 Å². The van der Waals surface area contributed by atoms with E-state index in [-0.39, 0.29) is 0 Å². The number of hydrogen-bond acceptors (Lipinski definition) is 4. The van der Waals surface area contributed by atoms with Crippen LogP contribution >= 0.6 is 0 Å². The Morgan fingerprint density at radius 1 is 0.591 bits per heavy atom. The summed E-state index contributed by atoms with van der Waals surface area (Å²) in [5.74, 6) is 0. The monoisotopic (exact) mass is 318 g/mol. The number of nitrogens with one attached hydrogen (secondary N) is 6. The number of unbranched alkanes of at least 4 members (excludes halogenated alkanes) is 3. The van der Waals surface area contributed by atoms with Gasteiger partial charge in [-0.15, -0.1) is 0 Å². The summed E-state index contributed by atoms with van der Waals surface area (Å²) < 4.78 is 0. The van der Waals surface area contributed by atoms with Gasteiger partial charge < -0.3 is 22.1 Å². The van der Waals surface area contributed by atoms with E-state index in [0.717, 1.165) is 25.7 Å². The summed E-state index contributed by atoms with van der Waals surface area (Å²) in [5.41, 5.74) is 17.5. The standard InChI is InChI=1S/C10H22N8O4/c11-7(19)15-17-9(21)13-5-3-1-2-4-6-14-10(22)18-16-8(12)20/h1-6H2,(H3,11,15,19)(H3,12,16,20)(H2,13,17,21)(H2,14,18,22). The Hall–Kier alpha value is -2.92. The van der Waals surface area contributed by atoms with E-state index in [1.54, 1.807) is 0 Å². The van der Waals surface area contributed by atoms with Crippen LogP contribution in [0, 0.1) is 0 Å². The highest BCUT2D eigenvalue weighted by Gasteiger charge is 2.01. The van der Waals surface area contributed by atoms with Crippen LogP contribution in [0.3, 0.4) is 0 Å². The number of amides is 8. The number of primary amides is 2. The zero-order chi connectivity index (χ0) is 16.8. The minimum Gasteiger partial charge on any atom is -0.350 e. The third-order valence-electron chi connectivity index (χ3n) is 2.27. The maximum Gasteiger partial charge on any atom is 0.333 e. The van der Waals surface area contributed by atoms with Crippen LogP contribution in [0.2, 0.25) is 0 Å². The van der Waals surface area contributed by atoms with Gasteiger partial charge in [-0.25, -0.2) is 40.9 Å². The zero-order valence-electron chi connectivity index (χ0n) is 12.0. The lowest BCUT2D eigenvalue weighted by Gasteiger charge is -2.08. The average Bonchev–Trinajstić information content (AvgIpc) is 2.45. The van der Waals surface area contributed by atoms with E-state index in [1.807, 2.05) is 10.9 Å². The van der Waals surface area contributed by atoms with E-state index < -0.39 is 24.1 Å². The Kier molecular flexibility index (Phi) is 10.3. The molecule has 0 aliphatic rings. The average molecular weight is 318 g/mol. The van der Waals surface area contributed by atoms with Crippen molar-refractivity contribution in [2.75, 3.05) is 13.1 Å². The third-order valence-corrected chi connectivity index (χ3v) is 2.27. The van der Waals surface area contributed by atoms with Crippen molar-refractivity contribution in [2.24, 2.45) is 11.5 Å². The first-order chi connectivity index (χ1) is 10.4. The Bertz CT molecular complexity index is 353. The van der Waals surface area contributed by atoms with E-state index in [0.29, 0.717) is 13.1 Å².